The fraction of sp³-hybridized carbons (Fsp3) is 0.0952. The monoisotopic (exact) mass is 302 g/mol. The lowest BCUT2D eigenvalue weighted by Gasteiger charge is -2.10. The molecule has 0 amide bonds. The van der Waals surface area contributed by atoms with Crippen molar-refractivity contribution in [2.24, 2.45) is 0 Å². The zero-order valence-electron chi connectivity index (χ0n) is 13.0. The molecule has 2 nitrogen and oxygen atoms in total. The third-order valence-corrected chi connectivity index (χ3v) is 3.92. The molecule has 114 valence electrons. The Hall–Kier alpha value is -2.87. The first-order valence-electron chi connectivity index (χ1n) is 7.60. The summed E-state index contributed by atoms with van der Waals surface area (Å²) in [5.41, 5.74) is 5.03. The standard InChI is InChI=1S/C21H18O2/c1-16-19(14-22)8-5-9-21(16)18-10-12-20(13-11-18)23-15-17-6-3-2-4-7-17/h2-14H,15H2,1H3. The van der Waals surface area contributed by atoms with E-state index in [4.69, 9.17) is 4.74 Å². The van der Waals surface area contributed by atoms with Crippen molar-refractivity contribution >= 4 is 6.29 Å². The average molecular weight is 302 g/mol. The molecule has 0 fully saturated rings. The van der Waals surface area contributed by atoms with E-state index >= 15 is 0 Å². The molecule has 0 radical (unpaired) electrons. The molecule has 0 spiro atoms. The Kier molecular flexibility index (Phi) is 4.53. The maximum atomic E-state index is 11.1. The van der Waals surface area contributed by atoms with Crippen LogP contribution in [0.4, 0.5) is 0 Å². The Balaban J connectivity index is 1.76. The summed E-state index contributed by atoms with van der Waals surface area (Å²) in [6, 6.07) is 23.8. The van der Waals surface area contributed by atoms with E-state index in [1.807, 2.05) is 79.7 Å². The van der Waals surface area contributed by atoms with E-state index in [0.717, 1.165) is 39.9 Å². The number of ether oxygens (including phenoxy) is 1. The molecule has 0 unspecified atom stereocenters. The van der Waals surface area contributed by atoms with Crippen LogP contribution in [0.5, 0.6) is 5.75 Å². The lowest BCUT2D eigenvalue weighted by Crippen LogP contribution is -1.95. The second-order valence-corrected chi connectivity index (χ2v) is 5.44. The summed E-state index contributed by atoms with van der Waals surface area (Å²) in [5, 5.41) is 0. The van der Waals surface area contributed by atoms with Crippen LogP contribution in [0.25, 0.3) is 11.1 Å². The van der Waals surface area contributed by atoms with Gasteiger partial charge in [0, 0.05) is 5.56 Å². The number of hydrogen-bond acceptors (Lipinski definition) is 2. The number of rotatable bonds is 5. The lowest BCUT2D eigenvalue weighted by molar-refractivity contribution is 0.112. The maximum Gasteiger partial charge on any atom is 0.150 e. The van der Waals surface area contributed by atoms with Gasteiger partial charge in [0.15, 0.2) is 0 Å². The number of benzene rings is 3. The molecule has 0 saturated heterocycles. The highest BCUT2D eigenvalue weighted by atomic mass is 16.5. The second-order valence-electron chi connectivity index (χ2n) is 5.44. The van der Waals surface area contributed by atoms with Crippen LogP contribution in [0.3, 0.4) is 0 Å². The fourth-order valence-electron chi connectivity index (χ4n) is 2.57. The second kappa shape index (κ2) is 6.93. The van der Waals surface area contributed by atoms with E-state index in [1.54, 1.807) is 0 Å². The minimum atomic E-state index is 0.555. The Morgan fingerprint density at radius 3 is 2.30 bits per heavy atom. The van der Waals surface area contributed by atoms with Gasteiger partial charge in [0.25, 0.3) is 0 Å². The van der Waals surface area contributed by atoms with Gasteiger partial charge < -0.3 is 4.74 Å². The molecule has 3 rings (SSSR count). The topological polar surface area (TPSA) is 26.3 Å². The van der Waals surface area contributed by atoms with E-state index in [9.17, 15) is 4.79 Å². The van der Waals surface area contributed by atoms with E-state index in [0.29, 0.717) is 6.61 Å². The highest BCUT2D eigenvalue weighted by Gasteiger charge is 2.06. The van der Waals surface area contributed by atoms with Gasteiger partial charge in [-0.25, -0.2) is 0 Å². The van der Waals surface area contributed by atoms with Crippen LogP contribution in [-0.2, 0) is 6.61 Å². The molecule has 0 aliphatic rings. The molecule has 0 heterocycles. The van der Waals surface area contributed by atoms with Crippen LogP contribution in [0, 0.1) is 6.92 Å². The molecule has 0 aromatic heterocycles. The molecule has 3 aromatic carbocycles. The van der Waals surface area contributed by atoms with Crippen LogP contribution in [0.2, 0.25) is 0 Å². The summed E-state index contributed by atoms with van der Waals surface area (Å²) >= 11 is 0. The van der Waals surface area contributed by atoms with E-state index in [1.165, 1.54) is 0 Å². The first-order chi connectivity index (χ1) is 11.3. The first kappa shape index (κ1) is 15.0. The molecule has 0 aliphatic carbocycles. The van der Waals surface area contributed by atoms with Gasteiger partial charge in [0.1, 0.15) is 18.6 Å². The highest BCUT2D eigenvalue weighted by molar-refractivity contribution is 5.82. The normalized spacial score (nSPS) is 10.3. The maximum absolute atomic E-state index is 11.1. The largest absolute Gasteiger partial charge is 0.489 e. The number of hydrogen-bond donors (Lipinski definition) is 0. The zero-order chi connectivity index (χ0) is 16.1. The van der Waals surface area contributed by atoms with Crippen molar-refractivity contribution in [2.45, 2.75) is 13.5 Å². The Bertz CT molecular complexity index is 790. The summed E-state index contributed by atoms with van der Waals surface area (Å²) in [6.45, 7) is 2.53. The Morgan fingerprint density at radius 1 is 0.870 bits per heavy atom. The van der Waals surface area contributed by atoms with Gasteiger partial charge in [0.05, 0.1) is 0 Å². The van der Waals surface area contributed by atoms with Crippen molar-refractivity contribution in [3.63, 3.8) is 0 Å². The molecule has 0 aliphatic heterocycles. The third kappa shape index (κ3) is 3.49. The minimum absolute atomic E-state index is 0.555. The predicted molar refractivity (Wildman–Crippen MR) is 92.8 cm³/mol. The minimum Gasteiger partial charge on any atom is -0.489 e. The SMILES string of the molecule is Cc1c(C=O)cccc1-c1ccc(OCc2ccccc2)cc1. The number of aldehydes is 1. The third-order valence-electron chi connectivity index (χ3n) is 3.92. The molecule has 23 heavy (non-hydrogen) atoms. The van der Waals surface area contributed by atoms with Crippen molar-refractivity contribution in [3.05, 3.63) is 89.5 Å². The molecular weight excluding hydrogens is 284 g/mol. The van der Waals surface area contributed by atoms with E-state index in [-0.39, 0.29) is 0 Å². The molecule has 3 aromatic rings. The summed E-state index contributed by atoms with van der Waals surface area (Å²) in [5.74, 6) is 0.835. The Labute approximate surface area is 136 Å². The van der Waals surface area contributed by atoms with Crippen molar-refractivity contribution in [1.29, 1.82) is 0 Å². The van der Waals surface area contributed by atoms with Crippen LogP contribution >= 0.6 is 0 Å². The van der Waals surface area contributed by atoms with Crippen LogP contribution in [0.15, 0.2) is 72.8 Å². The average Bonchev–Trinajstić information content (AvgIpc) is 2.62. The van der Waals surface area contributed by atoms with Gasteiger partial charge in [-0.15, -0.1) is 0 Å². The van der Waals surface area contributed by atoms with E-state index in [2.05, 4.69) is 0 Å². The summed E-state index contributed by atoms with van der Waals surface area (Å²) in [7, 11) is 0. The molecule has 0 atom stereocenters. The number of carbonyl (C=O) groups excluding carboxylic acids is 1. The van der Waals surface area contributed by atoms with E-state index < -0.39 is 0 Å². The van der Waals surface area contributed by atoms with Crippen molar-refractivity contribution in [1.82, 2.24) is 0 Å². The fourth-order valence-corrected chi connectivity index (χ4v) is 2.57. The van der Waals surface area contributed by atoms with Crippen LogP contribution < -0.4 is 4.74 Å². The summed E-state index contributed by atoms with van der Waals surface area (Å²) in [4.78, 5) is 11.1. The molecule has 0 saturated carbocycles. The smallest absolute Gasteiger partial charge is 0.150 e. The van der Waals surface area contributed by atoms with Crippen molar-refractivity contribution < 1.29 is 9.53 Å². The van der Waals surface area contributed by atoms with Gasteiger partial charge in [0.2, 0.25) is 0 Å². The molecular formula is C21H18O2. The van der Waals surface area contributed by atoms with Gasteiger partial charge >= 0.3 is 0 Å². The lowest BCUT2D eigenvalue weighted by atomic mass is 9.97. The van der Waals surface area contributed by atoms with Gasteiger partial charge in [-0.3, -0.25) is 4.79 Å². The van der Waals surface area contributed by atoms with Gasteiger partial charge in [-0.2, -0.15) is 0 Å². The number of carbonyl (C=O) groups is 1. The summed E-state index contributed by atoms with van der Waals surface area (Å²) in [6.07, 6.45) is 0.899. The van der Waals surface area contributed by atoms with Gasteiger partial charge in [-0.1, -0.05) is 60.7 Å². The Morgan fingerprint density at radius 2 is 1.61 bits per heavy atom. The first-order valence-corrected chi connectivity index (χ1v) is 7.60. The van der Waals surface area contributed by atoms with Crippen molar-refractivity contribution in [3.8, 4) is 16.9 Å². The van der Waals surface area contributed by atoms with Crippen molar-refractivity contribution in [2.75, 3.05) is 0 Å². The zero-order valence-corrected chi connectivity index (χ0v) is 13.0. The van der Waals surface area contributed by atoms with Crippen LogP contribution in [0.1, 0.15) is 21.5 Å². The molecule has 0 N–H and O–H groups in total. The van der Waals surface area contributed by atoms with Crippen LogP contribution in [-0.4, -0.2) is 6.29 Å². The highest BCUT2D eigenvalue weighted by Crippen LogP contribution is 2.27. The summed E-state index contributed by atoms with van der Waals surface area (Å²) < 4.78 is 5.80. The quantitative estimate of drug-likeness (QED) is 0.616. The van der Waals surface area contributed by atoms with Gasteiger partial charge in [-0.05, 0) is 41.3 Å². The molecule has 0 bridgehead atoms. The molecule has 2 heteroatoms. The predicted octanol–water partition coefficient (Wildman–Crippen LogP) is 5.05.